The number of alkyl halides is 3. The van der Waals surface area contributed by atoms with Gasteiger partial charge in [-0.2, -0.15) is 13.2 Å². The fourth-order valence-electron chi connectivity index (χ4n) is 1.89. The molecule has 1 heterocycles. The van der Waals surface area contributed by atoms with Gasteiger partial charge in [-0.3, -0.25) is 9.59 Å². The molecule has 0 saturated carbocycles. The van der Waals surface area contributed by atoms with E-state index in [0.29, 0.717) is 15.3 Å². The Labute approximate surface area is 150 Å². The van der Waals surface area contributed by atoms with E-state index in [1.54, 1.807) is 35.6 Å². The van der Waals surface area contributed by atoms with Gasteiger partial charge >= 0.3 is 6.18 Å². The maximum atomic E-state index is 13.7. The number of hydrogen-bond acceptors (Lipinski definition) is 3. The molecule has 0 atom stereocenters. The number of benzene rings is 1. The van der Waals surface area contributed by atoms with Crippen LogP contribution in [0.5, 0.6) is 0 Å². The molecular formula is C17H14F4N2O2S. The number of hydrogen-bond donors (Lipinski definition) is 2. The molecule has 0 aliphatic rings. The van der Waals surface area contributed by atoms with Crippen LogP contribution in [-0.4, -0.2) is 31.1 Å². The molecule has 0 bridgehead atoms. The molecule has 2 rings (SSSR count). The first-order valence-electron chi connectivity index (χ1n) is 7.39. The molecule has 138 valence electrons. The molecule has 1 aromatic carbocycles. The second kappa shape index (κ2) is 8.61. The molecular weight excluding hydrogens is 372 g/mol. The first-order valence-corrected chi connectivity index (χ1v) is 8.20. The monoisotopic (exact) mass is 386 g/mol. The lowest BCUT2D eigenvalue weighted by atomic mass is 10.2. The second-order valence-corrected chi connectivity index (χ2v) is 6.24. The van der Waals surface area contributed by atoms with Crippen LogP contribution >= 0.6 is 11.3 Å². The van der Waals surface area contributed by atoms with Crippen molar-refractivity contribution in [1.29, 1.82) is 0 Å². The summed E-state index contributed by atoms with van der Waals surface area (Å²) in [5, 5.41) is 3.82. The van der Waals surface area contributed by atoms with Crippen LogP contribution in [0.2, 0.25) is 0 Å². The zero-order valence-electron chi connectivity index (χ0n) is 13.3. The molecule has 26 heavy (non-hydrogen) atoms. The van der Waals surface area contributed by atoms with E-state index in [2.05, 4.69) is 5.32 Å². The van der Waals surface area contributed by atoms with Crippen LogP contribution in [0.1, 0.15) is 4.88 Å². The third-order valence-corrected chi connectivity index (χ3v) is 4.16. The fourth-order valence-corrected chi connectivity index (χ4v) is 2.83. The third kappa shape index (κ3) is 6.32. The van der Waals surface area contributed by atoms with Crippen LogP contribution in [0.15, 0.2) is 42.5 Å². The molecule has 0 aliphatic heterocycles. The topological polar surface area (TPSA) is 58.2 Å². The summed E-state index contributed by atoms with van der Waals surface area (Å²) in [5.41, 5.74) is 0.447. The number of amides is 2. The Morgan fingerprint density at radius 3 is 2.50 bits per heavy atom. The van der Waals surface area contributed by atoms with Gasteiger partial charge in [0.05, 0.1) is 6.54 Å². The SMILES string of the molecule is O=C(/C=C/c1ccc(-c2ccccc2F)s1)NCC(=O)NCC(F)(F)F. The van der Waals surface area contributed by atoms with Crippen LogP contribution in [0.4, 0.5) is 17.6 Å². The van der Waals surface area contributed by atoms with Crippen molar-refractivity contribution in [1.82, 2.24) is 10.6 Å². The molecule has 1 aromatic heterocycles. The summed E-state index contributed by atoms with van der Waals surface area (Å²) in [6.07, 6.45) is -1.89. The molecule has 0 aliphatic carbocycles. The number of halogens is 4. The Balaban J connectivity index is 1.85. The zero-order chi connectivity index (χ0) is 19.2. The lowest BCUT2D eigenvalue weighted by Gasteiger charge is -2.08. The Morgan fingerprint density at radius 1 is 1.08 bits per heavy atom. The summed E-state index contributed by atoms with van der Waals surface area (Å²) in [5.74, 6) is -1.93. The Morgan fingerprint density at radius 2 is 1.81 bits per heavy atom. The first kappa shape index (κ1) is 19.6. The van der Waals surface area contributed by atoms with E-state index in [-0.39, 0.29) is 5.82 Å². The van der Waals surface area contributed by atoms with Gasteiger partial charge in [-0.05, 0) is 24.3 Å². The molecule has 0 unspecified atom stereocenters. The first-order chi connectivity index (χ1) is 12.2. The van der Waals surface area contributed by atoms with Gasteiger partial charge in [0.1, 0.15) is 12.4 Å². The van der Waals surface area contributed by atoms with E-state index in [1.807, 2.05) is 0 Å². The van der Waals surface area contributed by atoms with Gasteiger partial charge < -0.3 is 10.6 Å². The van der Waals surface area contributed by atoms with Crippen molar-refractivity contribution in [2.24, 2.45) is 0 Å². The van der Waals surface area contributed by atoms with Crippen molar-refractivity contribution in [3.05, 3.63) is 53.2 Å². The average Bonchev–Trinajstić information content (AvgIpc) is 3.05. The molecule has 2 N–H and O–H groups in total. The summed E-state index contributed by atoms with van der Waals surface area (Å²) in [6.45, 7) is -2.02. The van der Waals surface area contributed by atoms with Crippen molar-refractivity contribution >= 4 is 29.2 Å². The Kier molecular flexibility index (Phi) is 6.51. The molecule has 0 fully saturated rings. The Bertz CT molecular complexity index is 815. The van der Waals surface area contributed by atoms with Crippen molar-refractivity contribution in [3.8, 4) is 10.4 Å². The van der Waals surface area contributed by atoms with E-state index in [4.69, 9.17) is 0 Å². The van der Waals surface area contributed by atoms with Crippen LogP contribution in [0, 0.1) is 5.82 Å². The van der Waals surface area contributed by atoms with Gasteiger partial charge in [0.15, 0.2) is 0 Å². The molecule has 2 aromatic rings. The third-order valence-electron chi connectivity index (χ3n) is 3.07. The lowest BCUT2D eigenvalue weighted by molar-refractivity contribution is -0.138. The quantitative estimate of drug-likeness (QED) is 0.591. The van der Waals surface area contributed by atoms with E-state index in [0.717, 1.165) is 6.08 Å². The van der Waals surface area contributed by atoms with Crippen molar-refractivity contribution in [3.63, 3.8) is 0 Å². The van der Waals surface area contributed by atoms with Gasteiger partial charge in [-0.25, -0.2) is 4.39 Å². The summed E-state index contributed by atoms with van der Waals surface area (Å²) < 4.78 is 49.5. The summed E-state index contributed by atoms with van der Waals surface area (Å²) in [4.78, 5) is 24.1. The van der Waals surface area contributed by atoms with Gasteiger partial charge in [0.25, 0.3) is 0 Å². The fraction of sp³-hybridized carbons (Fsp3) is 0.176. The van der Waals surface area contributed by atoms with E-state index >= 15 is 0 Å². The highest BCUT2D eigenvalue weighted by molar-refractivity contribution is 7.16. The standard InChI is InChI=1S/C17H14F4N2O2S/c18-13-4-2-1-3-12(13)14-7-5-11(26-14)6-8-15(24)22-9-16(25)23-10-17(19,20)21/h1-8H,9-10H2,(H,22,24)(H,23,25)/b8-6+. The highest BCUT2D eigenvalue weighted by atomic mass is 32.1. The molecule has 9 heteroatoms. The highest BCUT2D eigenvalue weighted by Gasteiger charge is 2.27. The Hall–Kier alpha value is -2.68. The molecule has 0 spiro atoms. The van der Waals surface area contributed by atoms with Crippen molar-refractivity contribution in [2.45, 2.75) is 6.18 Å². The van der Waals surface area contributed by atoms with E-state index in [9.17, 15) is 27.2 Å². The zero-order valence-corrected chi connectivity index (χ0v) is 14.1. The van der Waals surface area contributed by atoms with Gasteiger partial charge in [0.2, 0.25) is 11.8 Å². The van der Waals surface area contributed by atoms with Crippen molar-refractivity contribution < 1.29 is 27.2 Å². The van der Waals surface area contributed by atoms with Crippen LogP contribution in [0.25, 0.3) is 16.5 Å². The van der Waals surface area contributed by atoms with Crippen LogP contribution < -0.4 is 10.6 Å². The predicted molar refractivity (Wildman–Crippen MR) is 90.8 cm³/mol. The lowest BCUT2D eigenvalue weighted by Crippen LogP contribution is -2.40. The van der Waals surface area contributed by atoms with Crippen LogP contribution in [0.3, 0.4) is 0 Å². The maximum absolute atomic E-state index is 13.7. The van der Waals surface area contributed by atoms with Gasteiger partial charge in [0, 0.05) is 21.4 Å². The minimum absolute atomic E-state index is 0.354. The maximum Gasteiger partial charge on any atom is 0.405 e. The minimum atomic E-state index is -4.51. The number of nitrogens with one attached hydrogen (secondary N) is 2. The average molecular weight is 386 g/mol. The van der Waals surface area contributed by atoms with E-state index in [1.165, 1.54) is 23.5 Å². The molecule has 0 radical (unpaired) electrons. The smallest absolute Gasteiger partial charge is 0.345 e. The highest BCUT2D eigenvalue weighted by Crippen LogP contribution is 2.30. The second-order valence-electron chi connectivity index (χ2n) is 5.12. The number of carbonyl (C=O) groups excluding carboxylic acids is 2. The van der Waals surface area contributed by atoms with Gasteiger partial charge in [-0.15, -0.1) is 11.3 Å². The summed E-state index contributed by atoms with van der Waals surface area (Å²) >= 11 is 1.27. The minimum Gasteiger partial charge on any atom is -0.345 e. The largest absolute Gasteiger partial charge is 0.405 e. The molecule has 0 saturated heterocycles. The van der Waals surface area contributed by atoms with Crippen molar-refractivity contribution in [2.75, 3.05) is 13.1 Å². The normalized spacial score (nSPS) is 11.5. The van der Waals surface area contributed by atoms with E-state index < -0.39 is 31.1 Å². The number of rotatable bonds is 6. The molecule has 2 amide bonds. The summed E-state index contributed by atoms with van der Waals surface area (Å²) in [6, 6.07) is 9.70. The van der Waals surface area contributed by atoms with Gasteiger partial charge in [-0.1, -0.05) is 18.2 Å². The number of thiophene rings is 1. The number of carbonyl (C=O) groups is 2. The van der Waals surface area contributed by atoms with Crippen LogP contribution in [-0.2, 0) is 9.59 Å². The predicted octanol–water partition coefficient (Wildman–Crippen LogP) is 3.36. The summed E-state index contributed by atoms with van der Waals surface area (Å²) in [7, 11) is 0. The molecule has 4 nitrogen and oxygen atoms in total.